The van der Waals surface area contributed by atoms with E-state index in [4.69, 9.17) is 13.9 Å². The average Bonchev–Trinajstić information content (AvgIpc) is 3.08. The maximum Gasteiger partial charge on any atom is 0.313 e. The second-order valence-electron chi connectivity index (χ2n) is 13.4. The normalized spacial score (nSPS) is 26.4. The van der Waals surface area contributed by atoms with Gasteiger partial charge in [-0.2, -0.15) is 0 Å². The van der Waals surface area contributed by atoms with E-state index in [0.717, 1.165) is 18.5 Å². The van der Waals surface area contributed by atoms with Crippen LogP contribution >= 0.6 is 0 Å². The lowest BCUT2D eigenvalue weighted by atomic mass is 9.66. The quantitative estimate of drug-likeness (QED) is 0.483. The van der Waals surface area contributed by atoms with Crippen molar-refractivity contribution in [3.05, 3.63) is 63.7 Å². The summed E-state index contributed by atoms with van der Waals surface area (Å²) in [6.07, 6.45) is 3.42. The molecular weight excluding hydrogens is 508 g/mol. The van der Waals surface area contributed by atoms with Crippen LogP contribution in [0.3, 0.4) is 0 Å². The minimum Gasteiger partial charge on any atom is -0.482 e. The zero-order chi connectivity index (χ0) is 28.9. The van der Waals surface area contributed by atoms with Crippen molar-refractivity contribution in [2.45, 2.75) is 85.0 Å². The highest BCUT2D eigenvalue weighted by Gasteiger charge is 2.76. The second-order valence-corrected chi connectivity index (χ2v) is 13.4. The van der Waals surface area contributed by atoms with Crippen LogP contribution in [0.2, 0.25) is 0 Å². The molecule has 3 fully saturated rings. The van der Waals surface area contributed by atoms with E-state index in [9.17, 15) is 14.4 Å². The lowest BCUT2D eigenvalue weighted by Gasteiger charge is -2.38. The lowest BCUT2D eigenvalue weighted by molar-refractivity contribution is -0.174. The summed E-state index contributed by atoms with van der Waals surface area (Å²) < 4.78 is 17.4. The fourth-order valence-electron chi connectivity index (χ4n) is 6.42. The molecule has 2 aliphatic heterocycles. The van der Waals surface area contributed by atoms with E-state index in [1.54, 1.807) is 0 Å². The number of ether oxygens (including phenoxy) is 2. The third-order valence-electron chi connectivity index (χ3n) is 9.75. The van der Waals surface area contributed by atoms with Crippen molar-refractivity contribution in [1.29, 1.82) is 0 Å². The van der Waals surface area contributed by atoms with Gasteiger partial charge >= 0.3 is 5.97 Å². The first-order valence-corrected chi connectivity index (χ1v) is 14.4. The van der Waals surface area contributed by atoms with Crippen LogP contribution in [0.25, 0.3) is 0 Å². The fraction of sp³-hybridized carbons (Fsp3) is 0.594. The molecule has 1 saturated carbocycles. The van der Waals surface area contributed by atoms with Crippen LogP contribution in [0.4, 0.5) is 0 Å². The first-order chi connectivity index (χ1) is 18.8. The summed E-state index contributed by atoms with van der Waals surface area (Å²) in [5.74, 6) is 0.417. The summed E-state index contributed by atoms with van der Waals surface area (Å²) in [6.45, 7) is 15.7. The smallest absolute Gasteiger partial charge is 0.313 e. The highest BCUT2D eigenvalue weighted by atomic mass is 16.6. The molecule has 2 aromatic rings. The number of carbonyl (C=O) groups excluding carboxylic acids is 2. The van der Waals surface area contributed by atoms with Crippen molar-refractivity contribution in [1.82, 2.24) is 9.80 Å². The number of hydrogen-bond donors (Lipinski definition) is 0. The Balaban J connectivity index is 1.17. The Hall–Kier alpha value is -3.13. The zero-order valence-corrected chi connectivity index (χ0v) is 24.7. The molecule has 0 radical (unpaired) electrons. The third-order valence-corrected chi connectivity index (χ3v) is 9.75. The van der Waals surface area contributed by atoms with Gasteiger partial charge in [0.1, 0.15) is 18.6 Å². The van der Waals surface area contributed by atoms with Gasteiger partial charge in [0.25, 0.3) is 5.91 Å². The van der Waals surface area contributed by atoms with Crippen molar-refractivity contribution in [2.24, 2.45) is 10.8 Å². The number of amides is 1. The Morgan fingerprint density at radius 1 is 1.00 bits per heavy atom. The van der Waals surface area contributed by atoms with Gasteiger partial charge in [-0.15, -0.1) is 0 Å². The summed E-state index contributed by atoms with van der Waals surface area (Å²) in [4.78, 5) is 43.2. The first kappa shape index (κ1) is 28.4. The van der Waals surface area contributed by atoms with Crippen molar-refractivity contribution < 1.29 is 23.5 Å². The van der Waals surface area contributed by atoms with E-state index in [2.05, 4.69) is 37.8 Å². The van der Waals surface area contributed by atoms with Crippen LogP contribution in [0, 0.1) is 10.8 Å². The highest BCUT2D eigenvalue weighted by Crippen LogP contribution is 2.66. The number of esters is 1. The molecule has 2 atom stereocenters. The second kappa shape index (κ2) is 10.1. The molecule has 1 unspecified atom stereocenters. The van der Waals surface area contributed by atoms with Crippen molar-refractivity contribution >= 4 is 11.9 Å². The van der Waals surface area contributed by atoms with Crippen LogP contribution in [-0.2, 0) is 32.9 Å². The predicted molar refractivity (Wildman–Crippen MR) is 151 cm³/mol. The molecule has 1 aliphatic carbocycles. The molecule has 8 heteroatoms. The van der Waals surface area contributed by atoms with Gasteiger partial charge in [0, 0.05) is 37.7 Å². The Kier molecular flexibility index (Phi) is 7.14. The molecule has 1 aromatic heterocycles. The number of benzene rings is 1. The van der Waals surface area contributed by atoms with Crippen molar-refractivity contribution in [3.8, 4) is 5.75 Å². The molecule has 8 nitrogen and oxygen atoms in total. The Labute approximate surface area is 236 Å². The maximum atomic E-state index is 13.8. The minimum atomic E-state index is -1.08. The molecule has 216 valence electrons. The van der Waals surface area contributed by atoms with Gasteiger partial charge in [0.2, 0.25) is 11.2 Å². The zero-order valence-electron chi connectivity index (χ0n) is 24.7. The summed E-state index contributed by atoms with van der Waals surface area (Å²) in [6, 6.07) is 9.71. The number of hydrogen-bond acceptors (Lipinski definition) is 7. The van der Waals surface area contributed by atoms with E-state index >= 15 is 0 Å². The number of nitrogens with zero attached hydrogens (tertiary/aromatic N) is 2. The Morgan fingerprint density at radius 2 is 1.73 bits per heavy atom. The van der Waals surface area contributed by atoms with Crippen molar-refractivity contribution in [3.63, 3.8) is 0 Å². The molecule has 0 N–H and O–H groups in total. The summed E-state index contributed by atoms with van der Waals surface area (Å²) in [5, 5.41) is 0. The summed E-state index contributed by atoms with van der Waals surface area (Å²) >= 11 is 0. The van der Waals surface area contributed by atoms with Crippen LogP contribution in [0.15, 0.2) is 45.8 Å². The van der Waals surface area contributed by atoms with Gasteiger partial charge in [-0.3, -0.25) is 19.3 Å². The molecule has 1 amide bonds. The Bertz CT molecular complexity index is 1340. The molecule has 0 spiro atoms. The predicted octanol–water partition coefficient (Wildman–Crippen LogP) is 4.67. The standard InChI is InChI=1S/C32H42N2O6/c1-29(2,3)23-10-8-22(9-11-23)20-39-26-21-38-24(18-25(26)35)19-33-14-7-15-34(17-16-33)27(36)32-13-12-31(6,28(37)40-32)30(32,4)5/h8-11,18,21H,7,12-17,19-20H2,1-6H3/t31-,32?/m0/s1. The summed E-state index contributed by atoms with van der Waals surface area (Å²) in [7, 11) is 0. The minimum absolute atomic E-state index is 0.0741. The molecule has 3 aliphatic rings. The maximum absolute atomic E-state index is 13.8. The van der Waals surface area contributed by atoms with Gasteiger partial charge in [-0.05, 0) is 42.7 Å². The lowest BCUT2D eigenvalue weighted by Crippen LogP contribution is -2.55. The van der Waals surface area contributed by atoms with E-state index in [1.807, 2.05) is 37.8 Å². The summed E-state index contributed by atoms with van der Waals surface area (Å²) in [5.41, 5.74) is -0.158. The molecule has 3 heterocycles. The van der Waals surface area contributed by atoms with Gasteiger partial charge < -0.3 is 18.8 Å². The van der Waals surface area contributed by atoms with Crippen LogP contribution in [-0.4, -0.2) is 53.5 Å². The van der Waals surface area contributed by atoms with Crippen molar-refractivity contribution in [2.75, 3.05) is 26.2 Å². The molecule has 5 rings (SSSR count). The van der Waals surface area contributed by atoms with Gasteiger partial charge in [-0.25, -0.2) is 0 Å². The van der Waals surface area contributed by atoms with Crippen LogP contribution < -0.4 is 10.2 Å². The molecule has 40 heavy (non-hydrogen) atoms. The van der Waals surface area contributed by atoms with Crippen LogP contribution in [0.1, 0.15) is 77.7 Å². The first-order valence-electron chi connectivity index (χ1n) is 14.4. The molecular formula is C32H42N2O6. The van der Waals surface area contributed by atoms with Gasteiger partial charge in [-0.1, -0.05) is 58.9 Å². The molecule has 1 aromatic carbocycles. The molecule has 2 bridgehead atoms. The van der Waals surface area contributed by atoms with E-state index < -0.39 is 16.4 Å². The fourth-order valence-corrected chi connectivity index (χ4v) is 6.42. The monoisotopic (exact) mass is 550 g/mol. The SMILES string of the molecule is CC(C)(C)c1ccc(COc2coc(CN3CCCN(C(=O)C45CC[C@@](C)(C(=O)O4)C5(C)C)CC3)cc2=O)cc1. The van der Waals surface area contributed by atoms with E-state index in [1.165, 1.54) is 17.9 Å². The van der Waals surface area contributed by atoms with E-state index in [0.29, 0.717) is 44.8 Å². The van der Waals surface area contributed by atoms with Gasteiger partial charge in [0.05, 0.1) is 12.0 Å². The third kappa shape index (κ3) is 4.74. The number of fused-ring (bicyclic) bond motifs is 2. The van der Waals surface area contributed by atoms with Gasteiger partial charge in [0.15, 0.2) is 5.60 Å². The Morgan fingerprint density at radius 3 is 2.33 bits per heavy atom. The van der Waals surface area contributed by atoms with Crippen LogP contribution in [0.5, 0.6) is 5.75 Å². The largest absolute Gasteiger partial charge is 0.482 e. The van der Waals surface area contributed by atoms with E-state index in [-0.39, 0.29) is 35.1 Å². The highest BCUT2D eigenvalue weighted by molar-refractivity contribution is 5.96. The molecule has 2 saturated heterocycles. The topological polar surface area (TPSA) is 89.3 Å². The average molecular weight is 551 g/mol. The number of rotatable bonds is 6. The number of carbonyl (C=O) groups is 2.